The molecule has 5 nitrogen and oxygen atoms in total. The molecule has 1 aliphatic rings. The lowest BCUT2D eigenvalue weighted by molar-refractivity contribution is 0.474. The number of aromatic nitrogens is 4. The van der Waals surface area contributed by atoms with E-state index in [-0.39, 0.29) is 0 Å². The van der Waals surface area contributed by atoms with Crippen LogP contribution in [-0.2, 0) is 6.54 Å². The Kier molecular flexibility index (Phi) is 4.72. The van der Waals surface area contributed by atoms with Crippen LogP contribution in [0.3, 0.4) is 0 Å². The first-order valence-corrected chi connectivity index (χ1v) is 10.3. The van der Waals surface area contributed by atoms with Crippen molar-refractivity contribution < 1.29 is 0 Å². The fraction of sp³-hybridized carbons (Fsp3) is 0.292. The highest BCUT2D eigenvalue weighted by atomic mass is 15.2. The Morgan fingerprint density at radius 1 is 1.07 bits per heavy atom. The van der Waals surface area contributed by atoms with E-state index in [1.165, 1.54) is 22.3 Å². The van der Waals surface area contributed by atoms with Gasteiger partial charge in [0.2, 0.25) is 0 Å². The maximum Gasteiger partial charge on any atom is 0.129 e. The van der Waals surface area contributed by atoms with Crippen LogP contribution in [0.2, 0.25) is 0 Å². The van der Waals surface area contributed by atoms with Gasteiger partial charge in [-0.3, -0.25) is 4.98 Å². The number of piperidine rings is 1. The molecule has 0 N–H and O–H groups in total. The zero-order chi connectivity index (χ0) is 19.6. The Morgan fingerprint density at radius 2 is 1.93 bits per heavy atom. The lowest BCUT2D eigenvalue weighted by atomic mass is 9.96. The molecule has 1 atom stereocenters. The molecule has 4 aromatic rings. The number of hydrogen-bond acceptors (Lipinski definition) is 4. The van der Waals surface area contributed by atoms with E-state index in [4.69, 9.17) is 9.97 Å². The average Bonchev–Trinajstić information content (AvgIpc) is 3.23. The molecule has 0 bridgehead atoms. The molecule has 4 heterocycles. The quantitative estimate of drug-likeness (QED) is 0.518. The third kappa shape index (κ3) is 3.60. The molecule has 1 fully saturated rings. The SMILES string of the molecule is Cc1cc(N2CCC[C@H](c3nccn3Cc3ccncc3)C2)nc2ccccc12. The fourth-order valence-corrected chi connectivity index (χ4v) is 4.39. The monoisotopic (exact) mass is 383 g/mol. The highest BCUT2D eigenvalue weighted by Crippen LogP contribution is 2.30. The summed E-state index contributed by atoms with van der Waals surface area (Å²) in [5, 5.41) is 1.23. The summed E-state index contributed by atoms with van der Waals surface area (Å²) in [5.41, 5.74) is 3.61. The van der Waals surface area contributed by atoms with Gasteiger partial charge in [-0.2, -0.15) is 0 Å². The van der Waals surface area contributed by atoms with Crippen molar-refractivity contribution in [1.29, 1.82) is 0 Å². The zero-order valence-corrected chi connectivity index (χ0v) is 16.7. The van der Waals surface area contributed by atoms with E-state index in [9.17, 15) is 0 Å². The predicted octanol–water partition coefficient (Wildman–Crippen LogP) is 4.57. The van der Waals surface area contributed by atoms with Crippen molar-refractivity contribution in [3.05, 3.63) is 84.2 Å². The number of para-hydroxylation sites is 1. The van der Waals surface area contributed by atoms with Crippen LogP contribution in [0.25, 0.3) is 10.9 Å². The molecule has 0 unspecified atom stereocenters. The Balaban J connectivity index is 1.40. The molecule has 0 amide bonds. The van der Waals surface area contributed by atoms with E-state index >= 15 is 0 Å². The molecular formula is C24H25N5. The van der Waals surface area contributed by atoms with Gasteiger partial charge in [-0.1, -0.05) is 18.2 Å². The number of anilines is 1. The summed E-state index contributed by atoms with van der Waals surface area (Å²) in [6.45, 7) is 5.02. The lowest BCUT2D eigenvalue weighted by Crippen LogP contribution is -2.36. The molecule has 0 aliphatic carbocycles. The average molecular weight is 383 g/mol. The van der Waals surface area contributed by atoms with E-state index in [1.807, 2.05) is 18.6 Å². The molecule has 29 heavy (non-hydrogen) atoms. The fourth-order valence-electron chi connectivity index (χ4n) is 4.39. The molecule has 1 aliphatic heterocycles. The summed E-state index contributed by atoms with van der Waals surface area (Å²) in [7, 11) is 0. The largest absolute Gasteiger partial charge is 0.356 e. The molecule has 0 saturated carbocycles. The molecule has 3 aromatic heterocycles. The molecule has 0 radical (unpaired) electrons. The van der Waals surface area contributed by atoms with E-state index in [1.54, 1.807) is 0 Å². The van der Waals surface area contributed by atoms with Gasteiger partial charge in [0, 0.05) is 55.7 Å². The number of pyridine rings is 2. The van der Waals surface area contributed by atoms with Gasteiger partial charge in [0.1, 0.15) is 11.6 Å². The first kappa shape index (κ1) is 17.9. The lowest BCUT2D eigenvalue weighted by Gasteiger charge is -2.34. The molecular weight excluding hydrogens is 358 g/mol. The van der Waals surface area contributed by atoms with Crippen molar-refractivity contribution in [3.63, 3.8) is 0 Å². The van der Waals surface area contributed by atoms with Crippen molar-refractivity contribution >= 4 is 16.7 Å². The third-order valence-electron chi connectivity index (χ3n) is 5.87. The Bertz CT molecular complexity index is 1120. The summed E-state index contributed by atoms with van der Waals surface area (Å²) in [5.74, 6) is 2.66. The minimum Gasteiger partial charge on any atom is -0.356 e. The van der Waals surface area contributed by atoms with Gasteiger partial charge in [0.05, 0.1) is 5.52 Å². The van der Waals surface area contributed by atoms with Crippen LogP contribution >= 0.6 is 0 Å². The zero-order valence-electron chi connectivity index (χ0n) is 16.7. The second-order valence-corrected chi connectivity index (χ2v) is 7.87. The first-order chi connectivity index (χ1) is 14.3. The summed E-state index contributed by atoms with van der Waals surface area (Å²) < 4.78 is 2.28. The number of imidazole rings is 1. The van der Waals surface area contributed by atoms with Crippen molar-refractivity contribution in [2.45, 2.75) is 32.2 Å². The Labute approximate surface area is 171 Å². The van der Waals surface area contributed by atoms with Crippen LogP contribution in [-0.4, -0.2) is 32.6 Å². The number of nitrogens with zero attached hydrogens (tertiary/aromatic N) is 5. The van der Waals surface area contributed by atoms with Crippen molar-refractivity contribution in [2.24, 2.45) is 0 Å². The number of fused-ring (bicyclic) bond motifs is 1. The number of benzene rings is 1. The van der Waals surface area contributed by atoms with E-state index in [2.05, 4.69) is 70.0 Å². The summed E-state index contributed by atoms with van der Waals surface area (Å²) in [6, 6.07) is 14.8. The molecule has 0 spiro atoms. The summed E-state index contributed by atoms with van der Waals surface area (Å²) >= 11 is 0. The van der Waals surface area contributed by atoms with E-state index < -0.39 is 0 Å². The van der Waals surface area contributed by atoms with Crippen LogP contribution < -0.4 is 4.90 Å². The smallest absolute Gasteiger partial charge is 0.129 e. The van der Waals surface area contributed by atoms with Gasteiger partial charge in [-0.15, -0.1) is 0 Å². The Morgan fingerprint density at radius 3 is 2.83 bits per heavy atom. The molecule has 5 heteroatoms. The normalized spacial score (nSPS) is 17.0. The highest BCUT2D eigenvalue weighted by Gasteiger charge is 2.26. The molecule has 1 saturated heterocycles. The van der Waals surface area contributed by atoms with Crippen LogP contribution in [0.4, 0.5) is 5.82 Å². The Hall–Kier alpha value is -3.21. The van der Waals surface area contributed by atoms with Crippen LogP contribution in [0.1, 0.15) is 35.7 Å². The van der Waals surface area contributed by atoms with Crippen molar-refractivity contribution in [2.75, 3.05) is 18.0 Å². The topological polar surface area (TPSA) is 46.8 Å². The minimum atomic E-state index is 0.411. The number of rotatable bonds is 4. The van der Waals surface area contributed by atoms with Crippen LogP contribution in [0, 0.1) is 6.92 Å². The first-order valence-electron chi connectivity index (χ1n) is 10.3. The van der Waals surface area contributed by atoms with Crippen molar-refractivity contribution in [3.8, 4) is 0 Å². The maximum absolute atomic E-state index is 4.96. The van der Waals surface area contributed by atoms with Crippen molar-refractivity contribution in [1.82, 2.24) is 19.5 Å². The second-order valence-electron chi connectivity index (χ2n) is 7.87. The standard InChI is InChI=1S/C24H25N5/c1-18-15-23(27-22-7-3-2-6-21(18)22)28-13-4-5-20(17-28)24-26-12-14-29(24)16-19-8-10-25-11-9-19/h2-3,6-12,14-15,20H,4-5,13,16-17H2,1H3/t20-/m0/s1. The minimum absolute atomic E-state index is 0.411. The number of hydrogen-bond donors (Lipinski definition) is 0. The number of aryl methyl sites for hydroxylation is 1. The third-order valence-corrected chi connectivity index (χ3v) is 5.87. The van der Waals surface area contributed by atoms with Gasteiger partial charge >= 0.3 is 0 Å². The molecule has 146 valence electrons. The second kappa shape index (κ2) is 7.66. The summed E-state index contributed by atoms with van der Waals surface area (Å²) in [6.07, 6.45) is 10.0. The highest BCUT2D eigenvalue weighted by molar-refractivity contribution is 5.83. The molecule has 1 aromatic carbocycles. The van der Waals surface area contributed by atoms with Gasteiger partial charge < -0.3 is 9.47 Å². The van der Waals surface area contributed by atoms with E-state index in [0.29, 0.717) is 5.92 Å². The van der Waals surface area contributed by atoms with Crippen LogP contribution in [0.5, 0.6) is 0 Å². The predicted molar refractivity (Wildman–Crippen MR) is 116 cm³/mol. The summed E-state index contributed by atoms with van der Waals surface area (Å²) in [4.78, 5) is 16.2. The molecule has 5 rings (SSSR count). The maximum atomic E-state index is 4.96. The van der Waals surface area contributed by atoms with E-state index in [0.717, 1.165) is 43.8 Å². The van der Waals surface area contributed by atoms with Gasteiger partial charge in [0.25, 0.3) is 0 Å². The van der Waals surface area contributed by atoms with Gasteiger partial charge in [-0.05, 0) is 55.2 Å². The van der Waals surface area contributed by atoms with Gasteiger partial charge in [0.15, 0.2) is 0 Å². The van der Waals surface area contributed by atoms with Crippen LogP contribution in [0.15, 0.2) is 67.3 Å². The van der Waals surface area contributed by atoms with Gasteiger partial charge in [-0.25, -0.2) is 9.97 Å².